The predicted octanol–water partition coefficient (Wildman–Crippen LogP) is -0.0533. The van der Waals surface area contributed by atoms with Crippen LogP contribution >= 0.6 is 0 Å². The van der Waals surface area contributed by atoms with Crippen molar-refractivity contribution in [3.05, 3.63) is 22.6 Å². The third kappa shape index (κ3) is 3.81. The van der Waals surface area contributed by atoms with Gasteiger partial charge in [0.1, 0.15) is 6.54 Å². The van der Waals surface area contributed by atoms with Crippen LogP contribution in [0.5, 0.6) is 0 Å². The second kappa shape index (κ2) is 6.71. The molecule has 0 N–H and O–H groups in total. The molecule has 7 nitrogen and oxygen atoms in total. The van der Waals surface area contributed by atoms with Gasteiger partial charge in [0, 0.05) is 40.4 Å². The molecule has 1 amide bonds. The summed E-state index contributed by atoms with van der Waals surface area (Å²) >= 11 is 0. The van der Waals surface area contributed by atoms with Gasteiger partial charge in [0.15, 0.2) is 0 Å². The van der Waals surface area contributed by atoms with Gasteiger partial charge < -0.3 is 14.5 Å². The molecule has 116 valence electrons. The summed E-state index contributed by atoms with van der Waals surface area (Å²) in [7, 11) is 5.33. The molecule has 0 spiro atoms. The van der Waals surface area contributed by atoms with Crippen molar-refractivity contribution in [3.63, 3.8) is 0 Å². The van der Waals surface area contributed by atoms with E-state index in [1.165, 1.54) is 10.7 Å². The second-order valence-electron chi connectivity index (χ2n) is 5.44. The quantitative estimate of drug-likeness (QED) is 0.778. The number of carbonyl (C=O) groups is 1. The van der Waals surface area contributed by atoms with Crippen molar-refractivity contribution in [2.24, 2.45) is 0 Å². The molecule has 0 bridgehead atoms. The number of ether oxygens (including phenoxy) is 1. The summed E-state index contributed by atoms with van der Waals surface area (Å²) in [5, 5.41) is 4.06. The number of likely N-dealkylation sites (tertiary alicyclic amines) is 1. The van der Waals surface area contributed by atoms with Crippen LogP contribution in [0.4, 0.5) is 5.69 Å². The second-order valence-corrected chi connectivity index (χ2v) is 5.44. The van der Waals surface area contributed by atoms with Gasteiger partial charge in [-0.1, -0.05) is 0 Å². The van der Waals surface area contributed by atoms with E-state index < -0.39 is 0 Å². The number of nitrogens with zero attached hydrogens (tertiary/aromatic N) is 4. The van der Waals surface area contributed by atoms with Crippen molar-refractivity contribution in [3.8, 4) is 0 Å². The summed E-state index contributed by atoms with van der Waals surface area (Å²) in [4.78, 5) is 27.8. The molecule has 21 heavy (non-hydrogen) atoms. The Kier molecular flexibility index (Phi) is 4.95. The molecular weight excluding hydrogens is 272 g/mol. The lowest BCUT2D eigenvalue weighted by Gasteiger charge is -2.31. The first-order chi connectivity index (χ1) is 10.0. The molecule has 0 saturated carbocycles. The van der Waals surface area contributed by atoms with Crippen molar-refractivity contribution in [1.29, 1.82) is 0 Å². The lowest BCUT2D eigenvalue weighted by atomic mass is 10.1. The van der Waals surface area contributed by atoms with E-state index in [0.717, 1.165) is 18.5 Å². The van der Waals surface area contributed by atoms with Gasteiger partial charge >= 0.3 is 0 Å². The molecule has 1 aliphatic heterocycles. The van der Waals surface area contributed by atoms with E-state index in [9.17, 15) is 9.59 Å². The average Bonchev–Trinajstić information content (AvgIpc) is 2.49. The van der Waals surface area contributed by atoms with Gasteiger partial charge in [0.05, 0.1) is 18.0 Å². The number of carbonyl (C=O) groups excluding carboxylic acids is 1. The average molecular weight is 294 g/mol. The van der Waals surface area contributed by atoms with E-state index in [1.807, 2.05) is 14.1 Å². The minimum Gasteiger partial charge on any atom is -0.380 e. The number of piperidine rings is 1. The highest BCUT2D eigenvalue weighted by Crippen LogP contribution is 2.13. The van der Waals surface area contributed by atoms with E-state index in [4.69, 9.17) is 4.74 Å². The maximum Gasteiger partial charge on any atom is 0.269 e. The van der Waals surface area contributed by atoms with E-state index in [2.05, 4.69) is 5.10 Å². The third-order valence-electron chi connectivity index (χ3n) is 3.72. The Bertz CT molecular complexity index is 555. The van der Waals surface area contributed by atoms with E-state index >= 15 is 0 Å². The van der Waals surface area contributed by atoms with Crippen LogP contribution in [0, 0.1) is 0 Å². The maximum atomic E-state index is 12.3. The number of rotatable bonds is 4. The van der Waals surface area contributed by atoms with Gasteiger partial charge in [-0.15, -0.1) is 0 Å². The number of anilines is 1. The van der Waals surface area contributed by atoms with Crippen LogP contribution in [0.15, 0.2) is 17.1 Å². The first-order valence-corrected chi connectivity index (χ1v) is 7.06. The van der Waals surface area contributed by atoms with Crippen molar-refractivity contribution in [1.82, 2.24) is 14.7 Å². The fourth-order valence-electron chi connectivity index (χ4n) is 2.37. The summed E-state index contributed by atoms with van der Waals surface area (Å²) in [6.07, 6.45) is 3.56. The van der Waals surface area contributed by atoms with E-state index in [1.54, 1.807) is 23.1 Å². The Labute approximate surface area is 124 Å². The molecule has 1 fully saturated rings. The highest BCUT2D eigenvalue weighted by Gasteiger charge is 2.23. The Balaban J connectivity index is 2.04. The zero-order chi connectivity index (χ0) is 15.4. The highest BCUT2D eigenvalue weighted by atomic mass is 16.5. The summed E-state index contributed by atoms with van der Waals surface area (Å²) < 4.78 is 6.50. The lowest BCUT2D eigenvalue weighted by molar-refractivity contribution is -0.135. The van der Waals surface area contributed by atoms with Crippen LogP contribution in [0.25, 0.3) is 0 Å². The molecule has 0 unspecified atom stereocenters. The van der Waals surface area contributed by atoms with Crippen molar-refractivity contribution >= 4 is 11.6 Å². The van der Waals surface area contributed by atoms with Gasteiger partial charge in [-0.3, -0.25) is 9.59 Å². The van der Waals surface area contributed by atoms with Gasteiger partial charge in [0.25, 0.3) is 5.56 Å². The molecule has 1 aliphatic rings. The number of amides is 1. The molecular formula is C14H22N4O3. The lowest BCUT2D eigenvalue weighted by Crippen LogP contribution is -2.45. The number of hydrogen-bond acceptors (Lipinski definition) is 5. The van der Waals surface area contributed by atoms with Gasteiger partial charge in [0.2, 0.25) is 5.91 Å². The Hall–Kier alpha value is -1.89. The molecule has 2 heterocycles. The predicted molar refractivity (Wildman–Crippen MR) is 79.4 cm³/mol. The smallest absolute Gasteiger partial charge is 0.269 e. The maximum absolute atomic E-state index is 12.3. The molecule has 1 saturated heterocycles. The number of hydrogen-bond donors (Lipinski definition) is 0. The first-order valence-electron chi connectivity index (χ1n) is 7.06. The zero-order valence-electron chi connectivity index (χ0n) is 12.8. The molecule has 0 aromatic carbocycles. The summed E-state index contributed by atoms with van der Waals surface area (Å²) in [6.45, 7) is 1.27. The third-order valence-corrected chi connectivity index (χ3v) is 3.72. The fraction of sp³-hybridized carbons (Fsp3) is 0.643. The SMILES string of the molecule is CO[C@@H]1CCCN(C(=O)Cn2ncc(N(C)C)cc2=O)C1. The van der Waals surface area contributed by atoms with Crippen LogP contribution in [0.2, 0.25) is 0 Å². The standard InChI is InChI=1S/C14H22N4O3/c1-16(2)11-7-13(19)18(15-8-11)10-14(20)17-6-4-5-12(9-17)21-3/h7-8,12H,4-6,9-10H2,1-3H3/t12-/m1/s1. The van der Waals surface area contributed by atoms with Gasteiger partial charge in [-0.05, 0) is 12.8 Å². The van der Waals surface area contributed by atoms with Crippen LogP contribution in [-0.2, 0) is 16.1 Å². The normalized spacial score (nSPS) is 18.6. The molecule has 1 aromatic heterocycles. The largest absolute Gasteiger partial charge is 0.380 e. The Morgan fingerprint density at radius 2 is 2.29 bits per heavy atom. The molecule has 0 aliphatic carbocycles. The summed E-state index contributed by atoms with van der Waals surface area (Å²) in [6, 6.07) is 1.48. The minimum atomic E-state index is -0.269. The zero-order valence-corrected chi connectivity index (χ0v) is 12.8. The van der Waals surface area contributed by atoms with Gasteiger partial charge in [-0.25, -0.2) is 4.68 Å². The molecule has 1 aromatic rings. The van der Waals surface area contributed by atoms with Gasteiger partial charge in [-0.2, -0.15) is 5.10 Å². The highest BCUT2D eigenvalue weighted by molar-refractivity contribution is 5.76. The number of aromatic nitrogens is 2. The van der Waals surface area contributed by atoms with Crippen molar-refractivity contribution in [2.45, 2.75) is 25.5 Å². The van der Waals surface area contributed by atoms with Crippen LogP contribution in [0.3, 0.4) is 0 Å². The molecule has 2 rings (SSSR count). The Morgan fingerprint density at radius 3 is 2.90 bits per heavy atom. The molecule has 7 heteroatoms. The molecule has 1 atom stereocenters. The Morgan fingerprint density at radius 1 is 1.52 bits per heavy atom. The minimum absolute atomic E-state index is 0.0248. The van der Waals surface area contributed by atoms with Crippen molar-refractivity contribution < 1.29 is 9.53 Å². The fourth-order valence-corrected chi connectivity index (χ4v) is 2.37. The molecule has 0 radical (unpaired) electrons. The topological polar surface area (TPSA) is 67.7 Å². The summed E-state index contributed by atoms with van der Waals surface area (Å²) in [5.41, 5.74) is 0.455. The van der Waals surface area contributed by atoms with Crippen LogP contribution in [-0.4, -0.2) is 61.0 Å². The van der Waals surface area contributed by atoms with E-state index in [-0.39, 0.29) is 24.1 Å². The first kappa shape index (κ1) is 15.5. The van der Waals surface area contributed by atoms with Crippen LogP contribution < -0.4 is 10.5 Å². The summed E-state index contributed by atoms with van der Waals surface area (Å²) in [5.74, 6) is -0.0936. The van der Waals surface area contributed by atoms with Crippen LogP contribution in [0.1, 0.15) is 12.8 Å². The number of methoxy groups -OCH3 is 1. The van der Waals surface area contributed by atoms with Crippen molar-refractivity contribution in [2.75, 3.05) is 39.2 Å². The monoisotopic (exact) mass is 294 g/mol. The van der Waals surface area contributed by atoms with E-state index in [0.29, 0.717) is 13.1 Å².